The summed E-state index contributed by atoms with van der Waals surface area (Å²) in [6.45, 7) is 7.02. The summed E-state index contributed by atoms with van der Waals surface area (Å²) in [6.07, 6.45) is 7.53. The second kappa shape index (κ2) is 10.3. The molecule has 1 aromatic carbocycles. The quantitative estimate of drug-likeness (QED) is 0.731. The van der Waals surface area contributed by atoms with E-state index in [1.807, 2.05) is 18.2 Å². The number of hydrogen-bond acceptors (Lipinski definition) is 5. The molecule has 0 saturated carbocycles. The van der Waals surface area contributed by atoms with Gasteiger partial charge in [0.15, 0.2) is 11.5 Å². The predicted octanol–water partition coefficient (Wildman–Crippen LogP) is 3.63. The molecule has 1 N–H and O–H groups in total. The molecule has 1 aliphatic rings. The Bertz CT molecular complexity index is 693. The minimum atomic E-state index is 0.505. The average molecular weight is 370 g/mol. The van der Waals surface area contributed by atoms with E-state index < -0.39 is 0 Å². The molecule has 2 heterocycles. The highest BCUT2D eigenvalue weighted by Crippen LogP contribution is 2.29. The van der Waals surface area contributed by atoms with Gasteiger partial charge in [-0.25, -0.2) is 0 Å². The first kappa shape index (κ1) is 19.6. The lowest BCUT2D eigenvalue weighted by atomic mass is 10.0. The number of aromatic nitrogens is 1. The standard InChI is InChI=1S/C22H31N3O2/c1-3-25-13-5-4-6-20(25)16-24-15-19-7-8-21(22(14-19)26-2)27-17-18-9-11-23-12-10-18/h7-12,14,20,24H,3-6,13,15-17H2,1-2H3. The maximum atomic E-state index is 5.92. The Morgan fingerprint density at radius 1 is 1.11 bits per heavy atom. The maximum Gasteiger partial charge on any atom is 0.161 e. The van der Waals surface area contributed by atoms with E-state index in [2.05, 4.69) is 34.3 Å². The molecule has 1 aliphatic heterocycles. The highest BCUT2D eigenvalue weighted by atomic mass is 16.5. The molecule has 1 fully saturated rings. The summed E-state index contributed by atoms with van der Waals surface area (Å²) < 4.78 is 11.4. The molecular formula is C22H31N3O2. The van der Waals surface area contributed by atoms with Crippen molar-refractivity contribution in [3.63, 3.8) is 0 Å². The van der Waals surface area contributed by atoms with Gasteiger partial charge in [0.05, 0.1) is 7.11 Å². The molecule has 5 nitrogen and oxygen atoms in total. The molecule has 1 unspecified atom stereocenters. The van der Waals surface area contributed by atoms with Gasteiger partial charge in [0, 0.05) is 31.5 Å². The van der Waals surface area contributed by atoms with Crippen molar-refractivity contribution in [1.29, 1.82) is 0 Å². The smallest absolute Gasteiger partial charge is 0.161 e. The fraction of sp³-hybridized carbons (Fsp3) is 0.500. The van der Waals surface area contributed by atoms with Crippen molar-refractivity contribution in [3.05, 3.63) is 53.9 Å². The summed E-state index contributed by atoms with van der Waals surface area (Å²) in [6, 6.07) is 10.7. The number of pyridine rings is 1. The number of nitrogens with zero attached hydrogens (tertiary/aromatic N) is 2. The van der Waals surface area contributed by atoms with Crippen LogP contribution in [0.4, 0.5) is 0 Å². The summed E-state index contributed by atoms with van der Waals surface area (Å²) in [7, 11) is 1.69. The normalized spacial score (nSPS) is 17.6. The fourth-order valence-electron chi connectivity index (χ4n) is 3.67. The third-order valence-electron chi connectivity index (χ3n) is 5.24. The number of nitrogens with one attached hydrogen (secondary N) is 1. The van der Waals surface area contributed by atoms with Crippen LogP contribution in [0.25, 0.3) is 0 Å². The SMILES string of the molecule is CCN1CCCCC1CNCc1ccc(OCc2ccncc2)c(OC)c1. The van der Waals surface area contributed by atoms with Crippen molar-refractivity contribution in [1.82, 2.24) is 15.2 Å². The largest absolute Gasteiger partial charge is 0.493 e. The van der Waals surface area contributed by atoms with Crippen LogP contribution >= 0.6 is 0 Å². The second-order valence-corrected chi connectivity index (χ2v) is 7.04. The van der Waals surface area contributed by atoms with E-state index in [0.29, 0.717) is 12.6 Å². The first-order chi connectivity index (χ1) is 13.3. The van der Waals surface area contributed by atoms with E-state index in [1.165, 1.54) is 31.4 Å². The zero-order valence-corrected chi connectivity index (χ0v) is 16.5. The Kier molecular flexibility index (Phi) is 7.48. The molecule has 1 atom stereocenters. The number of rotatable bonds is 9. The van der Waals surface area contributed by atoms with Gasteiger partial charge in [0.25, 0.3) is 0 Å². The Balaban J connectivity index is 1.52. The predicted molar refractivity (Wildman–Crippen MR) is 108 cm³/mol. The lowest BCUT2D eigenvalue weighted by molar-refractivity contribution is 0.153. The van der Waals surface area contributed by atoms with Crippen molar-refractivity contribution in [2.45, 2.75) is 45.4 Å². The highest BCUT2D eigenvalue weighted by molar-refractivity contribution is 5.43. The molecule has 1 saturated heterocycles. The van der Waals surface area contributed by atoms with Crippen molar-refractivity contribution < 1.29 is 9.47 Å². The van der Waals surface area contributed by atoms with Crippen LogP contribution in [0.3, 0.4) is 0 Å². The van der Waals surface area contributed by atoms with Crippen LogP contribution in [0.1, 0.15) is 37.3 Å². The third kappa shape index (κ3) is 5.68. The van der Waals surface area contributed by atoms with Gasteiger partial charge < -0.3 is 14.8 Å². The molecule has 0 amide bonds. The molecule has 0 radical (unpaired) electrons. The highest BCUT2D eigenvalue weighted by Gasteiger charge is 2.20. The van der Waals surface area contributed by atoms with Gasteiger partial charge in [-0.05, 0) is 61.3 Å². The average Bonchev–Trinajstić information content (AvgIpc) is 2.73. The number of hydrogen-bond donors (Lipinski definition) is 1. The van der Waals surface area contributed by atoms with Gasteiger partial charge >= 0.3 is 0 Å². The van der Waals surface area contributed by atoms with Crippen molar-refractivity contribution >= 4 is 0 Å². The van der Waals surface area contributed by atoms with Gasteiger partial charge in [-0.2, -0.15) is 0 Å². The van der Waals surface area contributed by atoms with Crippen molar-refractivity contribution in [3.8, 4) is 11.5 Å². The number of likely N-dealkylation sites (N-methyl/N-ethyl adjacent to an activating group) is 1. The summed E-state index contributed by atoms with van der Waals surface area (Å²) >= 11 is 0. The van der Waals surface area contributed by atoms with Gasteiger partial charge in [0.1, 0.15) is 6.61 Å². The third-order valence-corrected chi connectivity index (χ3v) is 5.24. The molecular weight excluding hydrogens is 338 g/mol. The van der Waals surface area contributed by atoms with E-state index in [4.69, 9.17) is 9.47 Å². The minimum absolute atomic E-state index is 0.505. The molecule has 0 aliphatic carbocycles. The molecule has 5 heteroatoms. The summed E-state index contributed by atoms with van der Waals surface area (Å²) in [5.41, 5.74) is 2.30. The molecule has 3 rings (SSSR count). The fourth-order valence-corrected chi connectivity index (χ4v) is 3.67. The second-order valence-electron chi connectivity index (χ2n) is 7.04. The number of piperidine rings is 1. The summed E-state index contributed by atoms with van der Waals surface area (Å²) in [5.74, 6) is 1.54. The number of benzene rings is 1. The molecule has 146 valence electrons. The number of likely N-dealkylation sites (tertiary alicyclic amines) is 1. The van der Waals surface area contributed by atoms with Gasteiger partial charge in [0.2, 0.25) is 0 Å². The topological polar surface area (TPSA) is 46.6 Å². The van der Waals surface area contributed by atoms with Crippen LogP contribution in [0, 0.1) is 0 Å². The Labute approximate surface area is 162 Å². The van der Waals surface area contributed by atoms with Crippen LogP contribution < -0.4 is 14.8 Å². The van der Waals surface area contributed by atoms with Crippen LogP contribution in [0.2, 0.25) is 0 Å². The van der Waals surface area contributed by atoms with Crippen LogP contribution in [-0.4, -0.2) is 42.7 Å². The van der Waals surface area contributed by atoms with Crippen molar-refractivity contribution in [2.75, 3.05) is 26.7 Å². The van der Waals surface area contributed by atoms with E-state index in [9.17, 15) is 0 Å². The van der Waals surface area contributed by atoms with Crippen LogP contribution in [0.5, 0.6) is 11.5 Å². The summed E-state index contributed by atoms with van der Waals surface area (Å²) in [4.78, 5) is 6.62. The van der Waals surface area contributed by atoms with E-state index in [-0.39, 0.29) is 0 Å². The lowest BCUT2D eigenvalue weighted by Crippen LogP contribution is -2.45. The zero-order valence-electron chi connectivity index (χ0n) is 16.5. The zero-order chi connectivity index (χ0) is 18.9. The summed E-state index contributed by atoms with van der Waals surface area (Å²) in [5, 5.41) is 3.62. The van der Waals surface area contributed by atoms with Gasteiger partial charge in [-0.15, -0.1) is 0 Å². The maximum absolute atomic E-state index is 5.92. The van der Waals surface area contributed by atoms with Crippen molar-refractivity contribution in [2.24, 2.45) is 0 Å². The minimum Gasteiger partial charge on any atom is -0.493 e. The van der Waals surface area contributed by atoms with Crippen LogP contribution in [0.15, 0.2) is 42.7 Å². The first-order valence-corrected chi connectivity index (χ1v) is 9.93. The number of ether oxygens (including phenoxy) is 2. The lowest BCUT2D eigenvalue weighted by Gasteiger charge is -2.35. The Hall–Kier alpha value is -2.11. The molecule has 0 spiro atoms. The van der Waals surface area contributed by atoms with E-state index in [0.717, 1.165) is 36.7 Å². The van der Waals surface area contributed by atoms with E-state index >= 15 is 0 Å². The Morgan fingerprint density at radius 3 is 2.74 bits per heavy atom. The first-order valence-electron chi connectivity index (χ1n) is 9.93. The molecule has 1 aromatic heterocycles. The molecule has 0 bridgehead atoms. The molecule has 2 aromatic rings. The molecule has 27 heavy (non-hydrogen) atoms. The van der Waals surface area contributed by atoms with Gasteiger partial charge in [-0.3, -0.25) is 9.88 Å². The van der Waals surface area contributed by atoms with E-state index in [1.54, 1.807) is 19.5 Å². The van der Waals surface area contributed by atoms with Gasteiger partial charge in [-0.1, -0.05) is 19.4 Å². The number of methoxy groups -OCH3 is 1. The Morgan fingerprint density at radius 2 is 1.96 bits per heavy atom. The monoisotopic (exact) mass is 369 g/mol. The van der Waals surface area contributed by atoms with Crippen LogP contribution in [-0.2, 0) is 13.2 Å².